The van der Waals surface area contributed by atoms with Crippen molar-refractivity contribution in [3.8, 4) is 0 Å². The van der Waals surface area contributed by atoms with E-state index in [0.717, 1.165) is 5.56 Å². The van der Waals surface area contributed by atoms with Gasteiger partial charge in [-0.3, -0.25) is 14.6 Å². The highest BCUT2D eigenvalue weighted by Crippen LogP contribution is 1.97. The molecule has 2 rings (SSSR count). The number of nitrogens with zero attached hydrogens (tertiary/aromatic N) is 2. The van der Waals surface area contributed by atoms with Crippen LogP contribution in [0.4, 0.5) is 0 Å². The molecule has 0 aliphatic heterocycles. The van der Waals surface area contributed by atoms with E-state index in [4.69, 9.17) is 0 Å². The van der Waals surface area contributed by atoms with Crippen molar-refractivity contribution in [3.63, 3.8) is 0 Å². The van der Waals surface area contributed by atoms with Crippen LogP contribution in [0.1, 0.15) is 15.9 Å². The van der Waals surface area contributed by atoms with E-state index in [1.165, 1.54) is 6.21 Å². The van der Waals surface area contributed by atoms with Crippen LogP contribution in [-0.4, -0.2) is 29.6 Å². The van der Waals surface area contributed by atoms with Crippen molar-refractivity contribution in [2.24, 2.45) is 5.10 Å². The molecule has 0 radical (unpaired) electrons. The average molecular weight is 282 g/mol. The number of amides is 2. The number of benzene rings is 1. The zero-order valence-corrected chi connectivity index (χ0v) is 11.2. The number of aromatic nitrogens is 1. The monoisotopic (exact) mass is 282 g/mol. The van der Waals surface area contributed by atoms with E-state index in [1.54, 1.807) is 48.8 Å². The molecule has 106 valence electrons. The summed E-state index contributed by atoms with van der Waals surface area (Å²) in [5, 5.41) is 6.30. The molecule has 21 heavy (non-hydrogen) atoms. The number of nitrogens with one attached hydrogen (secondary N) is 2. The zero-order chi connectivity index (χ0) is 14.9. The van der Waals surface area contributed by atoms with Gasteiger partial charge in [-0.2, -0.15) is 5.10 Å². The van der Waals surface area contributed by atoms with Crippen LogP contribution in [0, 0.1) is 0 Å². The Labute approximate surface area is 121 Å². The summed E-state index contributed by atoms with van der Waals surface area (Å²) in [5.41, 5.74) is 3.66. The van der Waals surface area contributed by atoms with Gasteiger partial charge in [0.2, 0.25) is 0 Å². The molecule has 0 atom stereocenters. The Morgan fingerprint density at radius 3 is 2.52 bits per heavy atom. The lowest BCUT2D eigenvalue weighted by Gasteiger charge is -2.03. The molecule has 0 fully saturated rings. The molecule has 1 aromatic carbocycles. The molecule has 0 saturated carbocycles. The third-order valence-corrected chi connectivity index (χ3v) is 2.55. The number of pyridine rings is 1. The van der Waals surface area contributed by atoms with Crippen molar-refractivity contribution in [1.82, 2.24) is 15.7 Å². The fourth-order valence-electron chi connectivity index (χ4n) is 1.52. The maximum atomic E-state index is 11.7. The fourth-order valence-corrected chi connectivity index (χ4v) is 1.52. The second-order valence-corrected chi connectivity index (χ2v) is 4.12. The maximum absolute atomic E-state index is 11.7. The molecule has 1 heterocycles. The summed E-state index contributed by atoms with van der Waals surface area (Å²) in [6, 6.07) is 12.2. The first-order valence-corrected chi connectivity index (χ1v) is 6.31. The molecule has 6 nitrogen and oxygen atoms in total. The Morgan fingerprint density at radius 1 is 1.10 bits per heavy atom. The summed E-state index contributed by atoms with van der Waals surface area (Å²) in [4.78, 5) is 27.1. The predicted molar refractivity (Wildman–Crippen MR) is 78.7 cm³/mol. The molecule has 0 saturated heterocycles. The highest BCUT2D eigenvalue weighted by Gasteiger charge is 2.06. The number of hydrogen-bond acceptors (Lipinski definition) is 4. The van der Waals surface area contributed by atoms with Crippen LogP contribution in [-0.2, 0) is 4.79 Å². The number of hydrazone groups is 1. The van der Waals surface area contributed by atoms with Crippen molar-refractivity contribution >= 4 is 18.0 Å². The minimum atomic E-state index is -0.399. The minimum absolute atomic E-state index is 0.137. The molecule has 0 unspecified atom stereocenters. The molecule has 2 N–H and O–H groups in total. The van der Waals surface area contributed by atoms with Crippen LogP contribution in [0.2, 0.25) is 0 Å². The number of hydrogen-bond donors (Lipinski definition) is 2. The van der Waals surface area contributed by atoms with Gasteiger partial charge in [-0.25, -0.2) is 5.43 Å². The predicted octanol–water partition coefficient (Wildman–Crippen LogP) is 0.962. The van der Waals surface area contributed by atoms with Gasteiger partial charge in [-0.05, 0) is 29.8 Å². The summed E-state index contributed by atoms with van der Waals surface area (Å²) in [5.74, 6) is -0.701. The second-order valence-electron chi connectivity index (χ2n) is 4.12. The summed E-state index contributed by atoms with van der Waals surface area (Å²) < 4.78 is 0. The Hall–Kier alpha value is -3.02. The zero-order valence-electron chi connectivity index (χ0n) is 11.2. The van der Waals surface area contributed by atoms with Crippen LogP contribution < -0.4 is 10.7 Å². The van der Waals surface area contributed by atoms with Gasteiger partial charge in [0.1, 0.15) is 0 Å². The van der Waals surface area contributed by atoms with E-state index >= 15 is 0 Å². The van der Waals surface area contributed by atoms with Gasteiger partial charge in [0.25, 0.3) is 11.8 Å². The lowest BCUT2D eigenvalue weighted by atomic mass is 10.2. The molecule has 0 spiro atoms. The lowest BCUT2D eigenvalue weighted by Crippen LogP contribution is -2.34. The molecule has 2 amide bonds. The highest BCUT2D eigenvalue weighted by molar-refractivity contribution is 5.96. The van der Waals surface area contributed by atoms with E-state index in [0.29, 0.717) is 5.56 Å². The molecule has 2 aromatic rings. The van der Waals surface area contributed by atoms with Crippen LogP contribution >= 0.6 is 0 Å². The lowest BCUT2D eigenvalue weighted by molar-refractivity contribution is -0.120. The van der Waals surface area contributed by atoms with E-state index in [-0.39, 0.29) is 12.5 Å². The standard InChI is InChI=1S/C15H14N4O2/c20-14(19-18-10-12-6-8-16-9-7-12)11-17-15(21)13-4-2-1-3-5-13/h1-10H,11H2,(H,17,21)(H,19,20)/b18-10+. The van der Waals surface area contributed by atoms with Crippen LogP contribution in [0.5, 0.6) is 0 Å². The first-order valence-electron chi connectivity index (χ1n) is 6.31. The van der Waals surface area contributed by atoms with Gasteiger partial charge >= 0.3 is 0 Å². The van der Waals surface area contributed by atoms with E-state index < -0.39 is 5.91 Å². The molecule has 0 aliphatic carbocycles. The average Bonchev–Trinajstić information content (AvgIpc) is 2.54. The van der Waals surface area contributed by atoms with Gasteiger partial charge in [0.15, 0.2) is 0 Å². The van der Waals surface area contributed by atoms with Crippen molar-refractivity contribution in [2.75, 3.05) is 6.54 Å². The van der Waals surface area contributed by atoms with E-state index in [9.17, 15) is 9.59 Å². The molecule has 6 heteroatoms. The molecule has 0 bridgehead atoms. The Bertz CT molecular complexity index is 627. The number of rotatable bonds is 5. The number of carbonyl (C=O) groups is 2. The van der Waals surface area contributed by atoms with Gasteiger partial charge in [0, 0.05) is 18.0 Å². The Morgan fingerprint density at radius 2 is 1.81 bits per heavy atom. The van der Waals surface area contributed by atoms with Gasteiger partial charge < -0.3 is 5.32 Å². The molecular formula is C15H14N4O2. The fraction of sp³-hybridized carbons (Fsp3) is 0.0667. The highest BCUT2D eigenvalue weighted by atomic mass is 16.2. The third-order valence-electron chi connectivity index (χ3n) is 2.55. The van der Waals surface area contributed by atoms with Crippen LogP contribution in [0.25, 0.3) is 0 Å². The summed E-state index contributed by atoms with van der Waals surface area (Å²) in [6.45, 7) is -0.137. The van der Waals surface area contributed by atoms with Crippen LogP contribution in [0.3, 0.4) is 0 Å². The summed E-state index contributed by atoms with van der Waals surface area (Å²) in [6.07, 6.45) is 4.76. The molecular weight excluding hydrogens is 268 g/mol. The summed E-state index contributed by atoms with van der Waals surface area (Å²) in [7, 11) is 0. The second kappa shape index (κ2) is 7.54. The maximum Gasteiger partial charge on any atom is 0.259 e. The van der Waals surface area contributed by atoms with Gasteiger partial charge in [-0.1, -0.05) is 18.2 Å². The van der Waals surface area contributed by atoms with E-state index in [1.807, 2.05) is 6.07 Å². The van der Waals surface area contributed by atoms with Crippen LogP contribution in [0.15, 0.2) is 60.0 Å². The van der Waals surface area contributed by atoms with Gasteiger partial charge in [0.05, 0.1) is 12.8 Å². The Balaban J connectivity index is 1.75. The first kappa shape index (κ1) is 14.4. The summed E-state index contributed by atoms with van der Waals surface area (Å²) >= 11 is 0. The smallest absolute Gasteiger partial charge is 0.259 e. The SMILES string of the molecule is O=C(CNC(=O)c1ccccc1)N/N=C/c1ccncc1. The quantitative estimate of drug-likeness (QED) is 0.633. The van der Waals surface area contributed by atoms with Crippen molar-refractivity contribution in [3.05, 3.63) is 66.0 Å². The Kier molecular flexibility index (Phi) is 5.17. The first-order chi connectivity index (χ1) is 10.3. The molecule has 1 aromatic heterocycles. The normalized spacial score (nSPS) is 10.3. The number of carbonyl (C=O) groups excluding carboxylic acids is 2. The molecule has 0 aliphatic rings. The topological polar surface area (TPSA) is 83.5 Å². The van der Waals surface area contributed by atoms with Crippen molar-refractivity contribution in [1.29, 1.82) is 0 Å². The minimum Gasteiger partial charge on any atom is -0.343 e. The largest absolute Gasteiger partial charge is 0.343 e. The van der Waals surface area contributed by atoms with Crippen molar-refractivity contribution < 1.29 is 9.59 Å². The third kappa shape index (κ3) is 4.87. The van der Waals surface area contributed by atoms with Crippen molar-refractivity contribution in [2.45, 2.75) is 0 Å². The van der Waals surface area contributed by atoms with Gasteiger partial charge in [-0.15, -0.1) is 0 Å². The van der Waals surface area contributed by atoms with E-state index in [2.05, 4.69) is 20.8 Å².